The molecule has 1 unspecified atom stereocenters. The Morgan fingerprint density at radius 2 is 1.97 bits per heavy atom. The largest absolute Gasteiger partial charge is 0.497 e. The lowest BCUT2D eigenvalue weighted by atomic mass is 10.0. The van der Waals surface area contributed by atoms with Gasteiger partial charge in [0, 0.05) is 31.2 Å². The maximum absolute atomic E-state index is 13.1. The van der Waals surface area contributed by atoms with Gasteiger partial charge in [0.25, 0.3) is 5.91 Å². The number of rotatable bonds is 6. The molecular weight excluding hydrogens is 394 g/mol. The van der Waals surface area contributed by atoms with Crippen LogP contribution in [0.3, 0.4) is 0 Å². The number of hydrogen-bond donors (Lipinski definition) is 1. The quantitative estimate of drug-likeness (QED) is 0.770. The Kier molecular flexibility index (Phi) is 6.61. The van der Waals surface area contributed by atoms with Crippen molar-refractivity contribution in [3.8, 4) is 5.75 Å². The summed E-state index contributed by atoms with van der Waals surface area (Å²) in [4.78, 5) is 29.6. The van der Waals surface area contributed by atoms with Crippen LogP contribution in [-0.4, -0.2) is 60.9 Å². The lowest BCUT2D eigenvalue weighted by molar-refractivity contribution is -0.133. The molecular formula is C24H31N3O4. The van der Waals surface area contributed by atoms with Gasteiger partial charge in [0.2, 0.25) is 5.91 Å². The number of piperidine rings is 1. The smallest absolute Gasteiger partial charge is 0.287 e. The number of ether oxygens (including phenoxy) is 1. The minimum atomic E-state index is -0.157. The first-order valence-electron chi connectivity index (χ1n) is 11.1. The van der Waals surface area contributed by atoms with Gasteiger partial charge in [0.05, 0.1) is 26.0 Å². The van der Waals surface area contributed by atoms with E-state index in [2.05, 4.69) is 16.3 Å². The summed E-state index contributed by atoms with van der Waals surface area (Å²) in [7, 11) is 1.67. The molecule has 7 heteroatoms. The summed E-state index contributed by atoms with van der Waals surface area (Å²) in [6.45, 7) is 4.69. The van der Waals surface area contributed by atoms with Crippen molar-refractivity contribution in [2.45, 2.75) is 44.7 Å². The van der Waals surface area contributed by atoms with Crippen molar-refractivity contribution < 1.29 is 18.7 Å². The molecule has 1 N–H and O–H groups in total. The van der Waals surface area contributed by atoms with E-state index >= 15 is 0 Å². The number of hydrogen-bond acceptors (Lipinski definition) is 5. The Balaban J connectivity index is 1.28. The fraction of sp³-hybridized carbons (Fsp3) is 0.500. The highest BCUT2D eigenvalue weighted by Crippen LogP contribution is 2.33. The molecule has 0 saturated carbocycles. The molecule has 2 fully saturated rings. The fourth-order valence-electron chi connectivity index (χ4n) is 4.63. The Hall–Kier alpha value is -2.80. The van der Waals surface area contributed by atoms with Crippen LogP contribution in [0.1, 0.15) is 53.4 Å². The van der Waals surface area contributed by atoms with E-state index in [1.165, 1.54) is 6.26 Å². The van der Waals surface area contributed by atoms with Crippen molar-refractivity contribution in [1.29, 1.82) is 0 Å². The van der Waals surface area contributed by atoms with E-state index in [-0.39, 0.29) is 23.9 Å². The Labute approximate surface area is 183 Å². The van der Waals surface area contributed by atoms with E-state index in [0.717, 1.165) is 62.2 Å². The second-order valence-corrected chi connectivity index (χ2v) is 8.48. The maximum atomic E-state index is 13.1. The molecule has 7 nitrogen and oxygen atoms in total. The second kappa shape index (κ2) is 9.56. The van der Waals surface area contributed by atoms with Crippen molar-refractivity contribution in [2.24, 2.45) is 0 Å². The van der Waals surface area contributed by atoms with Gasteiger partial charge < -0.3 is 19.4 Å². The first kappa shape index (κ1) is 21.4. The maximum Gasteiger partial charge on any atom is 0.287 e. The van der Waals surface area contributed by atoms with Crippen LogP contribution in [0.15, 0.2) is 41.0 Å². The van der Waals surface area contributed by atoms with Crippen LogP contribution in [0.4, 0.5) is 0 Å². The van der Waals surface area contributed by atoms with Crippen LogP contribution in [0.2, 0.25) is 0 Å². The zero-order valence-electron chi connectivity index (χ0n) is 18.3. The lowest BCUT2D eigenvalue weighted by Crippen LogP contribution is -2.48. The average Bonchev–Trinajstić information content (AvgIpc) is 3.44. The number of benzene rings is 1. The number of furan rings is 1. The third-order valence-corrected chi connectivity index (χ3v) is 6.40. The highest BCUT2D eigenvalue weighted by Gasteiger charge is 2.32. The van der Waals surface area contributed by atoms with Gasteiger partial charge in [-0.3, -0.25) is 14.5 Å². The van der Waals surface area contributed by atoms with Gasteiger partial charge in [0.15, 0.2) is 5.76 Å². The molecule has 2 aromatic rings. The summed E-state index contributed by atoms with van der Waals surface area (Å²) in [6.07, 6.45) is 5.21. The minimum Gasteiger partial charge on any atom is -0.497 e. The third-order valence-electron chi connectivity index (χ3n) is 6.40. The normalized spacial score (nSPS) is 20.1. The van der Waals surface area contributed by atoms with Crippen LogP contribution in [0.25, 0.3) is 0 Å². The number of methoxy groups -OCH3 is 1. The molecule has 2 amide bonds. The van der Waals surface area contributed by atoms with E-state index in [1.807, 2.05) is 30.0 Å². The first-order valence-corrected chi connectivity index (χ1v) is 11.1. The van der Waals surface area contributed by atoms with Crippen LogP contribution in [-0.2, 0) is 4.79 Å². The molecule has 0 aliphatic carbocycles. The molecule has 1 aromatic heterocycles. The summed E-state index contributed by atoms with van der Waals surface area (Å²) < 4.78 is 10.6. The Morgan fingerprint density at radius 3 is 2.68 bits per heavy atom. The van der Waals surface area contributed by atoms with Gasteiger partial charge in [-0.05, 0) is 56.4 Å². The summed E-state index contributed by atoms with van der Waals surface area (Å²) in [5.41, 5.74) is 1.98. The number of nitrogens with one attached hydrogen (secondary N) is 1. The minimum absolute atomic E-state index is 0.111. The monoisotopic (exact) mass is 425 g/mol. The van der Waals surface area contributed by atoms with Crippen LogP contribution in [0.5, 0.6) is 5.75 Å². The predicted octanol–water partition coefficient (Wildman–Crippen LogP) is 3.15. The van der Waals surface area contributed by atoms with Crippen LogP contribution >= 0.6 is 0 Å². The van der Waals surface area contributed by atoms with E-state index in [0.29, 0.717) is 12.3 Å². The predicted molar refractivity (Wildman–Crippen MR) is 117 cm³/mol. The highest BCUT2D eigenvalue weighted by atomic mass is 16.5. The lowest BCUT2D eigenvalue weighted by Gasteiger charge is -2.34. The summed E-state index contributed by atoms with van der Waals surface area (Å²) in [6, 6.07) is 10.0. The molecule has 0 bridgehead atoms. The van der Waals surface area contributed by atoms with Crippen molar-refractivity contribution in [3.63, 3.8) is 0 Å². The zero-order valence-corrected chi connectivity index (χ0v) is 18.3. The number of nitrogens with zero attached hydrogens (tertiary/aromatic N) is 2. The molecule has 3 heterocycles. The molecule has 1 atom stereocenters. The van der Waals surface area contributed by atoms with E-state index in [4.69, 9.17) is 9.15 Å². The third kappa shape index (κ3) is 4.93. The number of aryl methyl sites for hydroxylation is 1. The molecule has 2 aliphatic heterocycles. The van der Waals surface area contributed by atoms with Gasteiger partial charge in [-0.1, -0.05) is 12.1 Å². The zero-order chi connectivity index (χ0) is 21.8. The van der Waals surface area contributed by atoms with Gasteiger partial charge in [-0.15, -0.1) is 0 Å². The van der Waals surface area contributed by atoms with E-state index in [1.54, 1.807) is 13.2 Å². The van der Waals surface area contributed by atoms with Gasteiger partial charge in [0.1, 0.15) is 5.75 Å². The van der Waals surface area contributed by atoms with Crippen molar-refractivity contribution in [2.75, 3.05) is 33.3 Å². The van der Waals surface area contributed by atoms with Crippen molar-refractivity contribution >= 4 is 11.8 Å². The molecule has 31 heavy (non-hydrogen) atoms. The van der Waals surface area contributed by atoms with Crippen LogP contribution < -0.4 is 10.1 Å². The van der Waals surface area contributed by atoms with Crippen LogP contribution in [0, 0.1) is 6.92 Å². The molecule has 166 valence electrons. The van der Waals surface area contributed by atoms with Crippen molar-refractivity contribution in [1.82, 2.24) is 15.1 Å². The number of amides is 2. The molecule has 0 spiro atoms. The molecule has 4 rings (SSSR count). The molecule has 2 aliphatic rings. The summed E-state index contributed by atoms with van der Waals surface area (Å²) in [5, 5.41) is 3.06. The fourth-order valence-corrected chi connectivity index (χ4v) is 4.63. The highest BCUT2D eigenvalue weighted by molar-refractivity contribution is 5.93. The average molecular weight is 426 g/mol. The molecule has 2 saturated heterocycles. The van der Waals surface area contributed by atoms with Gasteiger partial charge in [-0.2, -0.15) is 0 Å². The molecule has 0 radical (unpaired) electrons. The van der Waals surface area contributed by atoms with Crippen molar-refractivity contribution in [3.05, 3.63) is 53.5 Å². The standard InChI is InChI=1S/C24H31N3O4/c1-17-10-14-31-23(17)24(29)25-19-8-12-26(13-9-19)16-22(28)27-11-4-7-21(27)18-5-3-6-20(15-18)30-2/h3,5-6,10,14-15,19,21H,4,7-9,11-13,16H2,1-2H3,(H,25,29). The Bertz CT molecular complexity index is 917. The molecule has 1 aromatic carbocycles. The summed E-state index contributed by atoms with van der Waals surface area (Å²) >= 11 is 0. The first-order chi connectivity index (χ1) is 15.0. The van der Waals surface area contributed by atoms with Gasteiger partial charge >= 0.3 is 0 Å². The van der Waals surface area contributed by atoms with E-state index < -0.39 is 0 Å². The summed E-state index contributed by atoms with van der Waals surface area (Å²) in [5.74, 6) is 1.23. The second-order valence-electron chi connectivity index (χ2n) is 8.48. The number of carbonyl (C=O) groups is 2. The SMILES string of the molecule is COc1cccc(C2CCCN2C(=O)CN2CCC(NC(=O)c3occc3C)CC2)c1. The number of likely N-dealkylation sites (tertiary alicyclic amines) is 2. The van der Waals surface area contributed by atoms with E-state index in [9.17, 15) is 9.59 Å². The Morgan fingerprint density at radius 1 is 1.16 bits per heavy atom. The number of carbonyl (C=O) groups excluding carboxylic acids is 2. The van der Waals surface area contributed by atoms with Gasteiger partial charge in [-0.25, -0.2) is 0 Å². The topological polar surface area (TPSA) is 75.0 Å².